The quantitative estimate of drug-likeness (QED) is 0.547. The van der Waals surface area contributed by atoms with Crippen molar-refractivity contribution < 1.29 is 23.1 Å². The van der Waals surface area contributed by atoms with Gasteiger partial charge >= 0.3 is 6.61 Å². The normalized spacial score (nSPS) is 11.6. The van der Waals surface area contributed by atoms with Gasteiger partial charge in [0.2, 0.25) is 5.91 Å². The number of carbonyl (C=O) groups excluding carboxylic acids is 2. The van der Waals surface area contributed by atoms with E-state index in [2.05, 4.69) is 15.4 Å². The van der Waals surface area contributed by atoms with E-state index in [0.29, 0.717) is 17.5 Å². The van der Waals surface area contributed by atoms with Crippen LogP contribution in [0.2, 0.25) is 0 Å². The fourth-order valence-electron chi connectivity index (χ4n) is 3.03. The van der Waals surface area contributed by atoms with Gasteiger partial charge in [-0.15, -0.1) is 0 Å². The van der Waals surface area contributed by atoms with Crippen molar-refractivity contribution in [2.24, 2.45) is 0 Å². The lowest BCUT2D eigenvalue weighted by atomic mass is 10.0. The standard InChI is InChI=1S/C24H22F2N2O3/c25-24(26)31-20-13-7-10-18(14-20)16-27-23(30)21(15-17-8-3-1-4-9-17)28-22(29)19-11-5-2-6-12-19/h1-14,21,24H,15-16H2,(H,27,30)(H,28,29). The molecule has 2 N–H and O–H groups in total. The summed E-state index contributed by atoms with van der Waals surface area (Å²) < 4.78 is 29.2. The van der Waals surface area contributed by atoms with Gasteiger partial charge in [0.25, 0.3) is 5.91 Å². The number of hydrogen-bond acceptors (Lipinski definition) is 3. The summed E-state index contributed by atoms with van der Waals surface area (Å²) in [4.78, 5) is 25.5. The Balaban J connectivity index is 1.69. The Hall–Kier alpha value is -3.74. The molecule has 31 heavy (non-hydrogen) atoms. The first-order valence-corrected chi connectivity index (χ1v) is 9.72. The highest BCUT2D eigenvalue weighted by Crippen LogP contribution is 2.16. The van der Waals surface area contributed by atoms with Crippen molar-refractivity contribution in [1.29, 1.82) is 0 Å². The number of amides is 2. The minimum Gasteiger partial charge on any atom is -0.435 e. The molecule has 3 aromatic carbocycles. The van der Waals surface area contributed by atoms with E-state index in [1.54, 1.807) is 42.5 Å². The number of hydrogen-bond donors (Lipinski definition) is 2. The van der Waals surface area contributed by atoms with Crippen molar-refractivity contribution in [3.8, 4) is 5.75 Å². The van der Waals surface area contributed by atoms with Gasteiger partial charge in [-0.2, -0.15) is 8.78 Å². The van der Waals surface area contributed by atoms with Crippen molar-refractivity contribution in [1.82, 2.24) is 10.6 Å². The van der Waals surface area contributed by atoms with E-state index in [4.69, 9.17) is 0 Å². The second-order valence-electron chi connectivity index (χ2n) is 6.83. The molecule has 7 heteroatoms. The molecule has 0 aliphatic heterocycles. The van der Waals surface area contributed by atoms with Gasteiger partial charge in [0.05, 0.1) is 0 Å². The number of nitrogens with one attached hydrogen (secondary N) is 2. The average molecular weight is 424 g/mol. The third kappa shape index (κ3) is 6.92. The van der Waals surface area contributed by atoms with Crippen LogP contribution in [0, 0.1) is 0 Å². The fourth-order valence-corrected chi connectivity index (χ4v) is 3.03. The summed E-state index contributed by atoms with van der Waals surface area (Å²) >= 11 is 0. The molecule has 0 heterocycles. The van der Waals surface area contributed by atoms with Crippen molar-refractivity contribution >= 4 is 11.8 Å². The first-order chi connectivity index (χ1) is 15.0. The fraction of sp³-hybridized carbons (Fsp3) is 0.167. The van der Waals surface area contributed by atoms with Crippen LogP contribution in [0.15, 0.2) is 84.9 Å². The van der Waals surface area contributed by atoms with E-state index in [0.717, 1.165) is 5.56 Å². The topological polar surface area (TPSA) is 67.4 Å². The number of benzene rings is 3. The number of alkyl halides is 2. The van der Waals surface area contributed by atoms with Crippen LogP contribution in [0.3, 0.4) is 0 Å². The molecule has 0 aliphatic carbocycles. The molecule has 3 aromatic rings. The molecular formula is C24H22F2N2O3. The molecule has 0 aliphatic rings. The van der Waals surface area contributed by atoms with E-state index in [1.807, 2.05) is 30.3 Å². The van der Waals surface area contributed by atoms with Crippen LogP contribution >= 0.6 is 0 Å². The van der Waals surface area contributed by atoms with Gasteiger partial charge in [-0.25, -0.2) is 0 Å². The second-order valence-corrected chi connectivity index (χ2v) is 6.83. The molecule has 1 atom stereocenters. The first kappa shape index (κ1) is 22.0. The molecule has 3 rings (SSSR count). The van der Waals surface area contributed by atoms with Crippen LogP contribution in [0.4, 0.5) is 8.78 Å². The van der Waals surface area contributed by atoms with E-state index in [1.165, 1.54) is 12.1 Å². The van der Waals surface area contributed by atoms with Crippen LogP contribution in [0.25, 0.3) is 0 Å². The van der Waals surface area contributed by atoms with E-state index in [9.17, 15) is 18.4 Å². The third-order valence-corrected chi connectivity index (χ3v) is 4.53. The second kappa shape index (κ2) is 10.9. The summed E-state index contributed by atoms with van der Waals surface area (Å²) in [5, 5.41) is 5.54. The lowest BCUT2D eigenvalue weighted by Crippen LogP contribution is -2.47. The Labute approximate surface area is 179 Å². The van der Waals surface area contributed by atoms with E-state index >= 15 is 0 Å². The highest BCUT2D eigenvalue weighted by atomic mass is 19.3. The van der Waals surface area contributed by atoms with Gasteiger partial charge in [0, 0.05) is 18.5 Å². The van der Waals surface area contributed by atoms with Gasteiger partial charge in [-0.1, -0.05) is 60.7 Å². The molecule has 160 valence electrons. The van der Waals surface area contributed by atoms with E-state index < -0.39 is 12.7 Å². The van der Waals surface area contributed by atoms with Crippen LogP contribution in [0.5, 0.6) is 5.75 Å². The maximum Gasteiger partial charge on any atom is 0.387 e. The number of rotatable bonds is 9. The summed E-state index contributed by atoms with van der Waals surface area (Å²) in [6.45, 7) is -2.82. The zero-order valence-corrected chi connectivity index (χ0v) is 16.6. The highest BCUT2D eigenvalue weighted by molar-refractivity contribution is 5.97. The van der Waals surface area contributed by atoms with Crippen molar-refractivity contribution in [3.05, 3.63) is 102 Å². The van der Waals surface area contributed by atoms with Gasteiger partial charge in [-0.3, -0.25) is 9.59 Å². The lowest BCUT2D eigenvalue weighted by molar-refractivity contribution is -0.123. The minimum atomic E-state index is -2.92. The summed E-state index contributed by atoms with van der Waals surface area (Å²) in [6.07, 6.45) is 0.305. The van der Waals surface area contributed by atoms with Crippen LogP contribution < -0.4 is 15.4 Å². The van der Waals surface area contributed by atoms with Crippen LogP contribution in [-0.4, -0.2) is 24.5 Å². The molecule has 5 nitrogen and oxygen atoms in total. The maximum atomic E-state index is 12.9. The maximum absolute atomic E-state index is 12.9. The van der Waals surface area contributed by atoms with Crippen molar-refractivity contribution in [2.45, 2.75) is 25.6 Å². The molecule has 0 aromatic heterocycles. The van der Waals surface area contributed by atoms with Crippen LogP contribution in [0.1, 0.15) is 21.5 Å². The molecule has 0 spiro atoms. The number of ether oxygens (including phenoxy) is 1. The Morgan fingerprint density at radius 2 is 1.48 bits per heavy atom. The predicted octanol–water partition coefficient (Wildman–Crippen LogP) is 3.95. The monoisotopic (exact) mass is 424 g/mol. The smallest absolute Gasteiger partial charge is 0.387 e. The molecule has 0 saturated carbocycles. The Morgan fingerprint density at radius 1 is 0.839 bits per heavy atom. The Bertz CT molecular complexity index is 998. The minimum absolute atomic E-state index is 0.0139. The molecule has 2 amide bonds. The zero-order valence-electron chi connectivity index (χ0n) is 16.6. The van der Waals surface area contributed by atoms with Crippen molar-refractivity contribution in [2.75, 3.05) is 0 Å². The molecule has 0 radical (unpaired) electrons. The van der Waals surface area contributed by atoms with Crippen LogP contribution in [-0.2, 0) is 17.8 Å². The highest BCUT2D eigenvalue weighted by Gasteiger charge is 2.22. The summed E-state index contributed by atoms with van der Waals surface area (Å²) in [6, 6.07) is 23.3. The van der Waals surface area contributed by atoms with Gasteiger partial charge in [0.15, 0.2) is 0 Å². The SMILES string of the molecule is O=C(NC(Cc1ccccc1)C(=O)NCc1cccc(OC(F)F)c1)c1ccccc1. The first-order valence-electron chi connectivity index (χ1n) is 9.72. The summed E-state index contributed by atoms with van der Waals surface area (Å²) in [7, 11) is 0. The van der Waals surface area contributed by atoms with Gasteiger partial charge in [-0.05, 0) is 35.4 Å². The molecule has 1 unspecified atom stereocenters. The molecule has 0 fully saturated rings. The average Bonchev–Trinajstić information content (AvgIpc) is 2.78. The van der Waals surface area contributed by atoms with Gasteiger partial charge < -0.3 is 15.4 Å². The molecule has 0 bridgehead atoms. The predicted molar refractivity (Wildman–Crippen MR) is 113 cm³/mol. The third-order valence-electron chi connectivity index (χ3n) is 4.53. The molecule has 0 saturated heterocycles. The Kier molecular flexibility index (Phi) is 7.70. The lowest BCUT2D eigenvalue weighted by Gasteiger charge is -2.19. The summed E-state index contributed by atoms with van der Waals surface area (Å²) in [5.74, 6) is -0.725. The number of carbonyl (C=O) groups is 2. The molecular weight excluding hydrogens is 402 g/mol. The van der Waals surface area contributed by atoms with Crippen molar-refractivity contribution in [3.63, 3.8) is 0 Å². The zero-order chi connectivity index (χ0) is 22.1. The number of halogens is 2. The van der Waals surface area contributed by atoms with E-state index in [-0.39, 0.29) is 24.1 Å². The summed E-state index contributed by atoms with van der Waals surface area (Å²) in [5.41, 5.74) is 1.94. The van der Waals surface area contributed by atoms with Gasteiger partial charge in [0.1, 0.15) is 11.8 Å². The Morgan fingerprint density at radius 3 is 2.16 bits per heavy atom. The largest absolute Gasteiger partial charge is 0.435 e.